The van der Waals surface area contributed by atoms with Crippen LogP contribution in [0.4, 0.5) is 10.3 Å². The van der Waals surface area contributed by atoms with Crippen LogP contribution in [0.15, 0.2) is 55.0 Å². The second-order valence-corrected chi connectivity index (χ2v) is 4.75. The van der Waals surface area contributed by atoms with Gasteiger partial charge in [0.1, 0.15) is 5.82 Å². The molecule has 106 valence electrons. The number of nitrogens with zero attached hydrogens (tertiary/aromatic N) is 3. The minimum Gasteiger partial charge on any atom is -0.352 e. The highest BCUT2D eigenvalue weighted by atomic mass is 19.1. The van der Waals surface area contributed by atoms with Crippen molar-refractivity contribution in [2.45, 2.75) is 6.54 Å². The van der Waals surface area contributed by atoms with Gasteiger partial charge in [0.15, 0.2) is 0 Å². The molecule has 0 saturated heterocycles. The molecule has 2 heterocycles. The molecule has 21 heavy (non-hydrogen) atoms. The van der Waals surface area contributed by atoms with E-state index in [1.807, 2.05) is 29.9 Å². The van der Waals surface area contributed by atoms with Crippen LogP contribution in [0.25, 0.3) is 11.3 Å². The van der Waals surface area contributed by atoms with Crippen LogP contribution in [0, 0.1) is 5.82 Å². The van der Waals surface area contributed by atoms with Crippen molar-refractivity contribution >= 4 is 5.95 Å². The third kappa shape index (κ3) is 2.91. The highest BCUT2D eigenvalue weighted by Crippen LogP contribution is 2.22. The van der Waals surface area contributed by atoms with E-state index in [1.54, 1.807) is 24.5 Å². The van der Waals surface area contributed by atoms with E-state index >= 15 is 0 Å². The number of pyridine rings is 1. The van der Waals surface area contributed by atoms with Gasteiger partial charge in [-0.2, -0.15) is 0 Å². The van der Waals surface area contributed by atoms with E-state index in [1.165, 1.54) is 12.1 Å². The molecule has 0 unspecified atom stereocenters. The van der Waals surface area contributed by atoms with Crippen LogP contribution >= 0.6 is 0 Å². The number of halogens is 1. The molecule has 0 aliphatic heterocycles. The highest BCUT2D eigenvalue weighted by Gasteiger charge is 2.08. The maximum Gasteiger partial charge on any atom is 0.203 e. The van der Waals surface area contributed by atoms with E-state index in [4.69, 9.17) is 0 Å². The lowest BCUT2D eigenvalue weighted by Crippen LogP contribution is -2.05. The fourth-order valence-corrected chi connectivity index (χ4v) is 2.15. The van der Waals surface area contributed by atoms with Crippen molar-refractivity contribution in [2.24, 2.45) is 7.05 Å². The molecule has 0 amide bonds. The average molecular weight is 282 g/mol. The summed E-state index contributed by atoms with van der Waals surface area (Å²) in [5.74, 6) is 0.522. The Balaban J connectivity index is 1.78. The topological polar surface area (TPSA) is 42.7 Å². The number of imidazole rings is 1. The highest BCUT2D eigenvalue weighted by molar-refractivity contribution is 5.61. The summed E-state index contributed by atoms with van der Waals surface area (Å²) in [5, 5.41) is 3.27. The molecular formula is C16H15FN4. The van der Waals surface area contributed by atoms with Crippen molar-refractivity contribution in [3.8, 4) is 11.3 Å². The average Bonchev–Trinajstić information content (AvgIpc) is 2.88. The monoisotopic (exact) mass is 282 g/mol. The van der Waals surface area contributed by atoms with Crippen LogP contribution < -0.4 is 5.32 Å². The Hall–Kier alpha value is -2.69. The van der Waals surface area contributed by atoms with E-state index in [-0.39, 0.29) is 5.82 Å². The van der Waals surface area contributed by atoms with Gasteiger partial charge in [0.2, 0.25) is 5.95 Å². The number of nitrogens with one attached hydrogen (secondary N) is 1. The van der Waals surface area contributed by atoms with Crippen molar-refractivity contribution in [1.29, 1.82) is 0 Å². The normalized spacial score (nSPS) is 10.6. The van der Waals surface area contributed by atoms with Crippen LogP contribution in [-0.2, 0) is 13.6 Å². The third-order valence-corrected chi connectivity index (χ3v) is 3.30. The second-order valence-electron chi connectivity index (χ2n) is 4.75. The van der Waals surface area contributed by atoms with E-state index < -0.39 is 0 Å². The van der Waals surface area contributed by atoms with Gasteiger partial charge >= 0.3 is 0 Å². The van der Waals surface area contributed by atoms with Crippen molar-refractivity contribution in [3.05, 3.63) is 66.4 Å². The lowest BCUT2D eigenvalue weighted by Gasteiger charge is -2.08. The molecule has 0 aliphatic rings. The van der Waals surface area contributed by atoms with E-state index in [0.29, 0.717) is 6.54 Å². The summed E-state index contributed by atoms with van der Waals surface area (Å²) in [5.41, 5.74) is 2.95. The predicted octanol–water partition coefficient (Wildman–Crippen LogP) is 3.23. The van der Waals surface area contributed by atoms with E-state index in [9.17, 15) is 4.39 Å². The van der Waals surface area contributed by atoms with Gasteiger partial charge in [-0.15, -0.1) is 0 Å². The zero-order valence-corrected chi connectivity index (χ0v) is 11.6. The smallest absolute Gasteiger partial charge is 0.203 e. The molecule has 0 spiro atoms. The first-order valence-corrected chi connectivity index (χ1v) is 6.64. The maximum atomic E-state index is 13.0. The lowest BCUT2D eigenvalue weighted by molar-refractivity contribution is 0.628. The first kappa shape index (κ1) is 13.3. The number of hydrogen-bond acceptors (Lipinski definition) is 3. The SMILES string of the molecule is Cn1c(-c2ccc(F)cc2)cnc1NCc1cccnc1. The summed E-state index contributed by atoms with van der Waals surface area (Å²) in [6.45, 7) is 0.654. The first-order valence-electron chi connectivity index (χ1n) is 6.64. The van der Waals surface area contributed by atoms with Crippen LogP contribution in [0.5, 0.6) is 0 Å². The molecule has 5 heteroatoms. The zero-order chi connectivity index (χ0) is 14.7. The lowest BCUT2D eigenvalue weighted by atomic mass is 10.2. The minimum atomic E-state index is -0.240. The van der Waals surface area contributed by atoms with E-state index in [0.717, 1.165) is 22.8 Å². The van der Waals surface area contributed by atoms with Gasteiger partial charge in [-0.1, -0.05) is 6.07 Å². The van der Waals surface area contributed by atoms with Crippen LogP contribution in [0.2, 0.25) is 0 Å². The molecule has 0 saturated carbocycles. The molecule has 0 radical (unpaired) electrons. The Morgan fingerprint density at radius 1 is 1.14 bits per heavy atom. The molecule has 0 fully saturated rings. The number of aromatic nitrogens is 3. The van der Waals surface area contributed by atoms with Crippen LogP contribution in [-0.4, -0.2) is 14.5 Å². The van der Waals surface area contributed by atoms with Crippen molar-refractivity contribution in [3.63, 3.8) is 0 Å². The van der Waals surface area contributed by atoms with Crippen molar-refractivity contribution in [2.75, 3.05) is 5.32 Å². The zero-order valence-electron chi connectivity index (χ0n) is 11.6. The third-order valence-electron chi connectivity index (χ3n) is 3.30. The number of hydrogen-bond donors (Lipinski definition) is 1. The van der Waals surface area contributed by atoms with Gasteiger partial charge < -0.3 is 9.88 Å². The van der Waals surface area contributed by atoms with Crippen LogP contribution in [0.1, 0.15) is 5.56 Å². The van der Waals surface area contributed by atoms with Gasteiger partial charge in [0.05, 0.1) is 11.9 Å². The molecular weight excluding hydrogens is 267 g/mol. The number of rotatable bonds is 4. The van der Waals surface area contributed by atoms with Crippen LogP contribution in [0.3, 0.4) is 0 Å². The Labute approximate surface area is 122 Å². The summed E-state index contributed by atoms with van der Waals surface area (Å²) in [6, 6.07) is 10.3. The molecule has 0 atom stereocenters. The standard InChI is InChI=1S/C16H15FN4/c1-21-15(13-4-6-14(17)7-5-13)11-20-16(21)19-10-12-3-2-8-18-9-12/h2-9,11H,10H2,1H3,(H,19,20). The Morgan fingerprint density at radius 2 is 1.95 bits per heavy atom. The maximum absolute atomic E-state index is 13.0. The first-order chi connectivity index (χ1) is 10.2. The summed E-state index contributed by atoms with van der Waals surface area (Å²) >= 11 is 0. The van der Waals surface area contributed by atoms with Gasteiger partial charge in [-0.3, -0.25) is 4.98 Å². The predicted molar refractivity (Wildman–Crippen MR) is 80.2 cm³/mol. The van der Waals surface area contributed by atoms with Gasteiger partial charge in [0, 0.05) is 31.5 Å². The van der Waals surface area contributed by atoms with Gasteiger partial charge in [-0.05, 0) is 35.9 Å². The summed E-state index contributed by atoms with van der Waals surface area (Å²) in [7, 11) is 1.93. The molecule has 0 aliphatic carbocycles. The quantitative estimate of drug-likeness (QED) is 0.799. The summed E-state index contributed by atoms with van der Waals surface area (Å²) < 4.78 is 14.9. The summed E-state index contributed by atoms with van der Waals surface area (Å²) in [4.78, 5) is 8.44. The fourth-order valence-electron chi connectivity index (χ4n) is 2.15. The fraction of sp³-hybridized carbons (Fsp3) is 0.125. The van der Waals surface area contributed by atoms with Crippen molar-refractivity contribution in [1.82, 2.24) is 14.5 Å². The minimum absolute atomic E-state index is 0.240. The second kappa shape index (κ2) is 5.75. The molecule has 4 nitrogen and oxygen atoms in total. The van der Waals surface area contributed by atoms with Crippen molar-refractivity contribution < 1.29 is 4.39 Å². The molecule has 3 rings (SSSR count). The molecule has 1 N–H and O–H groups in total. The van der Waals surface area contributed by atoms with Gasteiger partial charge in [-0.25, -0.2) is 9.37 Å². The Kier molecular flexibility index (Phi) is 3.64. The molecule has 2 aromatic heterocycles. The number of anilines is 1. The number of benzene rings is 1. The van der Waals surface area contributed by atoms with E-state index in [2.05, 4.69) is 15.3 Å². The molecule has 0 bridgehead atoms. The largest absolute Gasteiger partial charge is 0.352 e. The Morgan fingerprint density at radius 3 is 2.67 bits per heavy atom. The molecule has 3 aromatic rings. The van der Waals surface area contributed by atoms with Gasteiger partial charge in [0.25, 0.3) is 0 Å². The Bertz CT molecular complexity index is 720. The molecule has 1 aromatic carbocycles. The summed E-state index contributed by atoms with van der Waals surface area (Å²) in [6.07, 6.45) is 5.34.